The van der Waals surface area contributed by atoms with Crippen LogP contribution in [-0.2, 0) is 7.05 Å². The molecule has 2 heteroatoms. The smallest absolute Gasteiger partial charge is 0.0670 e. The van der Waals surface area contributed by atoms with Crippen molar-refractivity contribution < 1.29 is 0 Å². The Morgan fingerprint density at radius 1 is 1.45 bits per heavy atom. The third-order valence-electron chi connectivity index (χ3n) is 2.23. The van der Waals surface area contributed by atoms with Crippen molar-refractivity contribution in [2.45, 2.75) is 20.3 Å². The van der Waals surface area contributed by atoms with Gasteiger partial charge in [0, 0.05) is 7.05 Å². The van der Waals surface area contributed by atoms with Crippen LogP contribution in [0.15, 0.2) is 6.08 Å². The quantitative estimate of drug-likeness (QED) is 0.594. The van der Waals surface area contributed by atoms with E-state index in [9.17, 15) is 0 Å². The molecule has 0 fully saturated rings. The van der Waals surface area contributed by atoms with Crippen LogP contribution < -0.4 is 0 Å². The molecule has 58 valence electrons. The van der Waals surface area contributed by atoms with Crippen molar-refractivity contribution in [1.82, 2.24) is 9.78 Å². The third kappa shape index (κ3) is 0.897. The summed E-state index contributed by atoms with van der Waals surface area (Å²) in [5, 5.41) is 4.35. The van der Waals surface area contributed by atoms with Gasteiger partial charge in [-0.3, -0.25) is 4.68 Å². The highest BCUT2D eigenvalue weighted by Gasteiger charge is 2.18. The van der Waals surface area contributed by atoms with E-state index in [0.717, 1.165) is 12.1 Å². The molecule has 0 saturated heterocycles. The summed E-state index contributed by atoms with van der Waals surface area (Å²) in [6.45, 7) is 4.19. The van der Waals surface area contributed by atoms with Gasteiger partial charge in [0.1, 0.15) is 0 Å². The fourth-order valence-electron chi connectivity index (χ4n) is 1.46. The molecular weight excluding hydrogens is 136 g/mol. The SMILES string of the molecule is Cc1nn(C)c(C2=CC2)c1C. The summed E-state index contributed by atoms with van der Waals surface area (Å²) in [5.74, 6) is 0. The molecule has 0 bridgehead atoms. The lowest BCUT2D eigenvalue weighted by Gasteiger charge is -1.95. The van der Waals surface area contributed by atoms with Crippen molar-refractivity contribution in [3.8, 4) is 0 Å². The van der Waals surface area contributed by atoms with E-state index in [0.29, 0.717) is 0 Å². The Hall–Kier alpha value is -1.05. The van der Waals surface area contributed by atoms with Gasteiger partial charge in [-0.25, -0.2) is 0 Å². The van der Waals surface area contributed by atoms with E-state index in [-0.39, 0.29) is 0 Å². The van der Waals surface area contributed by atoms with Gasteiger partial charge >= 0.3 is 0 Å². The summed E-state index contributed by atoms with van der Waals surface area (Å²) in [6, 6.07) is 0. The number of rotatable bonds is 1. The van der Waals surface area contributed by atoms with Gasteiger partial charge in [0.05, 0.1) is 11.4 Å². The Labute approximate surface area is 66.5 Å². The Kier molecular flexibility index (Phi) is 1.19. The molecule has 2 nitrogen and oxygen atoms in total. The topological polar surface area (TPSA) is 17.8 Å². The summed E-state index contributed by atoms with van der Waals surface area (Å²) in [6.07, 6.45) is 3.39. The van der Waals surface area contributed by atoms with Gasteiger partial charge < -0.3 is 0 Å². The number of aromatic nitrogens is 2. The molecule has 0 unspecified atom stereocenters. The van der Waals surface area contributed by atoms with Crippen molar-refractivity contribution in [1.29, 1.82) is 0 Å². The van der Waals surface area contributed by atoms with Crippen LogP contribution in [0.1, 0.15) is 23.4 Å². The van der Waals surface area contributed by atoms with Crippen LogP contribution in [0.5, 0.6) is 0 Å². The van der Waals surface area contributed by atoms with Crippen LogP contribution in [0, 0.1) is 13.8 Å². The minimum Gasteiger partial charge on any atom is -0.268 e. The molecule has 1 aliphatic rings. The molecule has 1 aliphatic carbocycles. The van der Waals surface area contributed by atoms with Gasteiger partial charge in [-0.1, -0.05) is 6.08 Å². The molecule has 0 aliphatic heterocycles. The molecule has 0 spiro atoms. The minimum atomic E-state index is 1.15. The van der Waals surface area contributed by atoms with Gasteiger partial charge in [0.2, 0.25) is 0 Å². The maximum atomic E-state index is 4.35. The lowest BCUT2D eigenvalue weighted by atomic mass is 10.2. The average Bonchev–Trinajstić information content (AvgIpc) is 2.68. The lowest BCUT2D eigenvalue weighted by Crippen LogP contribution is -1.94. The fraction of sp³-hybridized carbons (Fsp3) is 0.444. The number of aryl methyl sites for hydroxylation is 2. The predicted molar refractivity (Wildman–Crippen MR) is 45.3 cm³/mol. The lowest BCUT2D eigenvalue weighted by molar-refractivity contribution is 0.747. The molecule has 0 radical (unpaired) electrons. The summed E-state index contributed by atoms with van der Waals surface area (Å²) in [4.78, 5) is 0. The third-order valence-corrected chi connectivity index (χ3v) is 2.23. The summed E-state index contributed by atoms with van der Waals surface area (Å²) >= 11 is 0. The first-order chi connectivity index (χ1) is 5.20. The fourth-order valence-corrected chi connectivity index (χ4v) is 1.46. The molecule has 0 aromatic carbocycles. The Morgan fingerprint density at radius 3 is 2.45 bits per heavy atom. The highest BCUT2D eigenvalue weighted by Crippen LogP contribution is 2.33. The van der Waals surface area contributed by atoms with Crippen molar-refractivity contribution in [3.05, 3.63) is 23.0 Å². The minimum absolute atomic E-state index is 1.15. The highest BCUT2D eigenvalue weighted by molar-refractivity contribution is 5.77. The van der Waals surface area contributed by atoms with Gasteiger partial charge in [0.25, 0.3) is 0 Å². The second kappa shape index (κ2) is 1.97. The van der Waals surface area contributed by atoms with E-state index in [2.05, 4.69) is 25.0 Å². The van der Waals surface area contributed by atoms with Crippen molar-refractivity contribution in [3.63, 3.8) is 0 Å². The molecular formula is C9H12N2. The zero-order valence-electron chi connectivity index (χ0n) is 7.18. The van der Waals surface area contributed by atoms with E-state index in [4.69, 9.17) is 0 Å². The number of allylic oxidation sites excluding steroid dienone is 2. The van der Waals surface area contributed by atoms with Crippen LogP contribution in [0.4, 0.5) is 0 Å². The van der Waals surface area contributed by atoms with E-state index >= 15 is 0 Å². The summed E-state index contributed by atoms with van der Waals surface area (Å²) in [5.41, 5.74) is 5.25. The summed E-state index contributed by atoms with van der Waals surface area (Å²) in [7, 11) is 2.01. The second-order valence-electron chi connectivity index (χ2n) is 3.12. The highest BCUT2D eigenvalue weighted by atomic mass is 15.3. The standard InChI is InChI=1S/C9H12N2/c1-6-7(2)10-11(3)9(6)8-4-5-8/h4H,5H2,1-3H3. The van der Waals surface area contributed by atoms with Crippen LogP contribution in [0.2, 0.25) is 0 Å². The molecule has 0 N–H and O–H groups in total. The van der Waals surface area contributed by atoms with Gasteiger partial charge in [-0.2, -0.15) is 5.10 Å². The first-order valence-electron chi connectivity index (χ1n) is 3.89. The zero-order valence-corrected chi connectivity index (χ0v) is 7.18. The first kappa shape index (κ1) is 6.65. The number of hydrogen-bond acceptors (Lipinski definition) is 1. The predicted octanol–water partition coefficient (Wildman–Crippen LogP) is 1.82. The molecule has 0 atom stereocenters. The van der Waals surface area contributed by atoms with Crippen LogP contribution in [-0.4, -0.2) is 9.78 Å². The van der Waals surface area contributed by atoms with Gasteiger partial charge in [-0.15, -0.1) is 0 Å². The Balaban J connectivity index is 2.59. The maximum absolute atomic E-state index is 4.35. The molecule has 11 heavy (non-hydrogen) atoms. The van der Waals surface area contributed by atoms with E-state index in [1.165, 1.54) is 16.8 Å². The zero-order chi connectivity index (χ0) is 8.01. The largest absolute Gasteiger partial charge is 0.268 e. The molecule has 1 aromatic rings. The van der Waals surface area contributed by atoms with Crippen molar-refractivity contribution in [2.24, 2.45) is 7.05 Å². The molecule has 1 heterocycles. The average molecular weight is 148 g/mol. The molecule has 1 aromatic heterocycles. The number of nitrogens with zero attached hydrogens (tertiary/aromatic N) is 2. The van der Waals surface area contributed by atoms with Crippen LogP contribution in [0.25, 0.3) is 5.57 Å². The van der Waals surface area contributed by atoms with Gasteiger partial charge in [0.15, 0.2) is 0 Å². The Morgan fingerprint density at radius 2 is 2.09 bits per heavy atom. The van der Waals surface area contributed by atoms with Gasteiger partial charge in [-0.05, 0) is 31.4 Å². The molecule has 0 saturated carbocycles. The van der Waals surface area contributed by atoms with Crippen molar-refractivity contribution >= 4 is 5.57 Å². The van der Waals surface area contributed by atoms with Crippen LogP contribution >= 0.6 is 0 Å². The normalized spacial score (nSPS) is 15.0. The number of hydrogen-bond donors (Lipinski definition) is 0. The maximum Gasteiger partial charge on any atom is 0.0670 e. The van der Waals surface area contributed by atoms with Crippen molar-refractivity contribution in [2.75, 3.05) is 0 Å². The molecule has 2 rings (SSSR count). The van der Waals surface area contributed by atoms with E-state index < -0.39 is 0 Å². The first-order valence-corrected chi connectivity index (χ1v) is 3.89. The summed E-state index contributed by atoms with van der Waals surface area (Å²) < 4.78 is 1.98. The van der Waals surface area contributed by atoms with E-state index in [1.807, 2.05) is 11.7 Å². The monoisotopic (exact) mass is 148 g/mol. The van der Waals surface area contributed by atoms with Crippen LogP contribution in [0.3, 0.4) is 0 Å². The van der Waals surface area contributed by atoms with E-state index in [1.54, 1.807) is 0 Å². The molecule has 0 amide bonds. The second-order valence-corrected chi connectivity index (χ2v) is 3.12. The Bertz CT molecular complexity index is 332.